The number of carbonyl (C=O) groups excluding carboxylic acids is 1. The molecule has 3 rings (SSSR count). The molecule has 1 aromatic carbocycles. The van der Waals surface area contributed by atoms with Gasteiger partial charge >= 0.3 is 0 Å². The van der Waals surface area contributed by atoms with Gasteiger partial charge in [0, 0.05) is 17.7 Å². The van der Waals surface area contributed by atoms with Crippen LogP contribution in [0.1, 0.15) is 12.0 Å². The van der Waals surface area contributed by atoms with Gasteiger partial charge in [-0.05, 0) is 34.5 Å². The van der Waals surface area contributed by atoms with Gasteiger partial charge in [0.05, 0.1) is 11.1 Å². The molecule has 0 bridgehead atoms. The summed E-state index contributed by atoms with van der Waals surface area (Å²) in [4.78, 5) is 11.3. The van der Waals surface area contributed by atoms with Gasteiger partial charge in [-0.1, -0.05) is 0 Å². The summed E-state index contributed by atoms with van der Waals surface area (Å²) in [6.07, 6.45) is 1.47. The van der Waals surface area contributed by atoms with E-state index in [1.807, 2.05) is 12.1 Å². The van der Waals surface area contributed by atoms with Crippen molar-refractivity contribution in [2.75, 3.05) is 18.5 Å². The fraction of sp³-hybridized carbons (Fsp3) is 0.417. The van der Waals surface area contributed by atoms with Crippen molar-refractivity contribution < 1.29 is 14.3 Å². The van der Waals surface area contributed by atoms with Crippen LogP contribution in [0.3, 0.4) is 0 Å². The van der Waals surface area contributed by atoms with Crippen LogP contribution in [0.25, 0.3) is 0 Å². The van der Waals surface area contributed by atoms with Crippen molar-refractivity contribution in [1.29, 1.82) is 0 Å². The summed E-state index contributed by atoms with van der Waals surface area (Å²) in [5, 5.41) is 2.86. The Labute approximate surface area is 107 Å². The monoisotopic (exact) mass is 297 g/mol. The van der Waals surface area contributed by atoms with E-state index in [1.165, 1.54) is 0 Å². The Morgan fingerprint density at radius 1 is 1.47 bits per heavy atom. The normalized spacial score (nSPS) is 21.7. The third kappa shape index (κ3) is 2.30. The summed E-state index contributed by atoms with van der Waals surface area (Å²) in [7, 11) is 0. The smallest absolute Gasteiger partial charge is 0.224 e. The van der Waals surface area contributed by atoms with E-state index in [2.05, 4.69) is 21.2 Å². The van der Waals surface area contributed by atoms with Crippen molar-refractivity contribution in [1.82, 2.24) is 0 Å². The van der Waals surface area contributed by atoms with Crippen LogP contribution in [0.2, 0.25) is 0 Å². The molecule has 0 saturated carbocycles. The lowest BCUT2D eigenvalue weighted by Crippen LogP contribution is -2.20. The summed E-state index contributed by atoms with van der Waals surface area (Å²) in [5.74, 6) is 0.897. The highest BCUT2D eigenvalue weighted by Gasteiger charge is 2.26. The van der Waals surface area contributed by atoms with Gasteiger partial charge in [-0.15, -0.1) is 0 Å². The fourth-order valence-electron chi connectivity index (χ4n) is 1.91. The van der Waals surface area contributed by atoms with Gasteiger partial charge in [0.15, 0.2) is 0 Å². The maximum atomic E-state index is 11.3. The number of carbonyl (C=O) groups is 1. The minimum atomic E-state index is 0.0660. The van der Waals surface area contributed by atoms with Gasteiger partial charge in [-0.2, -0.15) is 0 Å². The van der Waals surface area contributed by atoms with Gasteiger partial charge in [0.1, 0.15) is 18.5 Å². The second kappa shape index (κ2) is 4.31. The SMILES string of the molecule is O=C1CCc2c(ccc(Br)c2OCC2CO2)N1. The number of ether oxygens (including phenoxy) is 2. The second-order valence-corrected chi connectivity index (χ2v) is 5.07. The van der Waals surface area contributed by atoms with Crippen LogP contribution in [-0.2, 0) is 16.0 Å². The van der Waals surface area contributed by atoms with Crippen LogP contribution in [0.4, 0.5) is 5.69 Å². The number of fused-ring (bicyclic) bond motifs is 1. The Bertz CT molecular complexity index is 471. The molecule has 5 heteroatoms. The van der Waals surface area contributed by atoms with E-state index in [0.29, 0.717) is 13.0 Å². The lowest BCUT2D eigenvalue weighted by atomic mass is 10.0. The Morgan fingerprint density at radius 2 is 2.29 bits per heavy atom. The molecule has 17 heavy (non-hydrogen) atoms. The third-order valence-electron chi connectivity index (χ3n) is 2.90. The van der Waals surface area contributed by atoms with Crippen LogP contribution in [0, 0.1) is 0 Å². The molecule has 1 saturated heterocycles. The first kappa shape index (κ1) is 11.0. The van der Waals surface area contributed by atoms with E-state index in [-0.39, 0.29) is 12.0 Å². The molecule has 90 valence electrons. The number of rotatable bonds is 3. The Morgan fingerprint density at radius 3 is 3.06 bits per heavy atom. The van der Waals surface area contributed by atoms with E-state index in [0.717, 1.165) is 34.5 Å². The van der Waals surface area contributed by atoms with Gasteiger partial charge in [0.2, 0.25) is 5.91 Å². The molecule has 1 unspecified atom stereocenters. The molecule has 1 fully saturated rings. The van der Waals surface area contributed by atoms with Crippen molar-refractivity contribution in [2.24, 2.45) is 0 Å². The first-order valence-corrected chi connectivity index (χ1v) is 6.39. The summed E-state index contributed by atoms with van der Waals surface area (Å²) >= 11 is 3.48. The van der Waals surface area contributed by atoms with E-state index < -0.39 is 0 Å². The molecule has 1 atom stereocenters. The first-order chi connectivity index (χ1) is 8.24. The van der Waals surface area contributed by atoms with Crippen LogP contribution in [0.15, 0.2) is 16.6 Å². The largest absolute Gasteiger partial charge is 0.489 e. The van der Waals surface area contributed by atoms with E-state index in [9.17, 15) is 4.79 Å². The third-order valence-corrected chi connectivity index (χ3v) is 3.53. The number of anilines is 1. The molecule has 2 aliphatic rings. The van der Waals surface area contributed by atoms with Crippen LogP contribution >= 0.6 is 15.9 Å². The highest BCUT2D eigenvalue weighted by atomic mass is 79.9. The van der Waals surface area contributed by atoms with E-state index in [4.69, 9.17) is 9.47 Å². The molecule has 1 amide bonds. The molecular formula is C12H12BrNO3. The van der Waals surface area contributed by atoms with Crippen LogP contribution in [-0.4, -0.2) is 25.2 Å². The highest BCUT2D eigenvalue weighted by Crippen LogP contribution is 2.37. The van der Waals surface area contributed by atoms with E-state index in [1.54, 1.807) is 0 Å². The van der Waals surface area contributed by atoms with Gasteiger partial charge < -0.3 is 14.8 Å². The molecule has 2 aliphatic heterocycles. The minimum Gasteiger partial charge on any atom is -0.489 e. The van der Waals surface area contributed by atoms with Crippen molar-refractivity contribution in [3.05, 3.63) is 22.2 Å². The summed E-state index contributed by atoms with van der Waals surface area (Å²) in [5.41, 5.74) is 1.93. The number of halogens is 1. The Kier molecular flexibility index (Phi) is 2.80. The zero-order valence-corrected chi connectivity index (χ0v) is 10.7. The zero-order valence-electron chi connectivity index (χ0n) is 9.16. The molecular weight excluding hydrogens is 286 g/mol. The van der Waals surface area contributed by atoms with Crippen LogP contribution < -0.4 is 10.1 Å². The fourth-order valence-corrected chi connectivity index (χ4v) is 2.40. The summed E-state index contributed by atoms with van der Waals surface area (Å²) in [6, 6.07) is 3.80. The topological polar surface area (TPSA) is 50.9 Å². The van der Waals surface area contributed by atoms with Crippen LogP contribution in [0.5, 0.6) is 5.75 Å². The highest BCUT2D eigenvalue weighted by molar-refractivity contribution is 9.10. The number of amides is 1. The Balaban J connectivity index is 1.88. The standard InChI is InChI=1S/C12H12BrNO3/c13-9-2-3-10-8(1-4-11(15)14-10)12(9)17-6-7-5-16-7/h2-3,7H,1,4-6H2,(H,14,15). The maximum Gasteiger partial charge on any atom is 0.224 e. The lowest BCUT2D eigenvalue weighted by Gasteiger charge is -2.21. The average molecular weight is 298 g/mol. The second-order valence-electron chi connectivity index (χ2n) is 4.22. The van der Waals surface area contributed by atoms with Gasteiger partial charge in [-0.3, -0.25) is 4.79 Å². The Hall–Kier alpha value is -1.07. The maximum absolute atomic E-state index is 11.3. The summed E-state index contributed by atoms with van der Waals surface area (Å²) < 4.78 is 11.8. The summed E-state index contributed by atoms with van der Waals surface area (Å²) in [6.45, 7) is 1.35. The number of hydrogen-bond acceptors (Lipinski definition) is 3. The predicted octanol–water partition coefficient (Wildman–Crippen LogP) is 2.11. The van der Waals surface area contributed by atoms with Crippen molar-refractivity contribution in [2.45, 2.75) is 18.9 Å². The number of nitrogens with one attached hydrogen (secondary N) is 1. The molecule has 0 radical (unpaired) electrons. The molecule has 1 aromatic rings. The van der Waals surface area contributed by atoms with Gasteiger partial charge in [0.25, 0.3) is 0 Å². The molecule has 4 nitrogen and oxygen atoms in total. The number of benzene rings is 1. The molecule has 0 spiro atoms. The molecule has 0 aromatic heterocycles. The van der Waals surface area contributed by atoms with E-state index >= 15 is 0 Å². The number of hydrogen-bond donors (Lipinski definition) is 1. The van der Waals surface area contributed by atoms with Crippen molar-refractivity contribution in [3.63, 3.8) is 0 Å². The quantitative estimate of drug-likeness (QED) is 0.870. The number of epoxide rings is 1. The van der Waals surface area contributed by atoms with Gasteiger partial charge in [-0.25, -0.2) is 0 Å². The predicted molar refractivity (Wildman–Crippen MR) is 66.3 cm³/mol. The van der Waals surface area contributed by atoms with Crippen molar-refractivity contribution in [3.8, 4) is 5.75 Å². The van der Waals surface area contributed by atoms with Crippen molar-refractivity contribution >= 4 is 27.5 Å². The average Bonchev–Trinajstić information content (AvgIpc) is 3.12. The molecule has 2 heterocycles. The molecule has 0 aliphatic carbocycles. The lowest BCUT2D eigenvalue weighted by molar-refractivity contribution is -0.116. The minimum absolute atomic E-state index is 0.0660. The first-order valence-electron chi connectivity index (χ1n) is 5.59. The molecule has 1 N–H and O–H groups in total. The zero-order chi connectivity index (χ0) is 11.8.